The highest BCUT2D eigenvalue weighted by atomic mass is 32.2. The summed E-state index contributed by atoms with van der Waals surface area (Å²) in [5.41, 5.74) is 3.01. The number of thiocarbonyl (C=S) groups is 1. The van der Waals surface area contributed by atoms with Gasteiger partial charge in [-0.25, -0.2) is 9.20 Å². The zero-order chi connectivity index (χ0) is 21.6. The number of pyridine rings is 1. The van der Waals surface area contributed by atoms with E-state index in [1.165, 1.54) is 43.5 Å². The molecule has 5 rings (SSSR count). The van der Waals surface area contributed by atoms with E-state index in [4.69, 9.17) is 26.4 Å². The molecular weight excluding hydrogens is 436 g/mol. The van der Waals surface area contributed by atoms with Gasteiger partial charge in [-0.1, -0.05) is 11.8 Å². The van der Waals surface area contributed by atoms with Crippen molar-refractivity contribution in [2.24, 2.45) is 0 Å². The van der Waals surface area contributed by atoms with Crippen LogP contribution in [0.3, 0.4) is 0 Å². The number of imidazole rings is 1. The minimum absolute atomic E-state index is 0.405. The second kappa shape index (κ2) is 7.92. The van der Waals surface area contributed by atoms with Gasteiger partial charge in [-0.15, -0.1) is 0 Å². The van der Waals surface area contributed by atoms with Crippen LogP contribution in [-0.4, -0.2) is 51.3 Å². The van der Waals surface area contributed by atoms with E-state index < -0.39 is 11.7 Å². The van der Waals surface area contributed by atoms with Gasteiger partial charge in [0.1, 0.15) is 26.0 Å². The number of hydrogen-bond donors (Lipinski definition) is 0. The average molecular weight is 460 g/mol. The number of esters is 1. The van der Waals surface area contributed by atoms with Crippen molar-refractivity contribution in [3.8, 4) is 0 Å². The van der Waals surface area contributed by atoms with Crippen LogP contribution in [0.25, 0.3) is 5.65 Å². The third-order valence-corrected chi connectivity index (χ3v) is 6.71. The van der Waals surface area contributed by atoms with Crippen molar-refractivity contribution < 1.29 is 23.4 Å². The fourth-order valence-electron chi connectivity index (χ4n) is 3.97. The maximum absolute atomic E-state index is 11.8. The predicted octanol–water partition coefficient (Wildman–Crippen LogP) is 2.48. The standard InChI is InChI=1S/C21H23N4O4S2/c1-27-19(26)16-7-22-24(9-16)11-17-10-23-8-15(14-3-4-14)5-6-18(23)25(17)21(12-28-13-21)29-20(30)31-2/h5-10,14H,3-4,11-13H2,1-2H3/q+1. The Kier molecular flexibility index (Phi) is 5.23. The molecule has 4 heterocycles. The molecule has 1 aliphatic heterocycles. The Hall–Kier alpha value is -2.43. The number of aromatic nitrogens is 4. The lowest BCUT2D eigenvalue weighted by molar-refractivity contribution is -0.512. The number of methoxy groups -OCH3 is 1. The molecule has 0 unspecified atom stereocenters. The van der Waals surface area contributed by atoms with Crippen LogP contribution in [0.15, 0.2) is 36.9 Å². The van der Waals surface area contributed by atoms with E-state index in [0.29, 0.717) is 35.6 Å². The first-order chi connectivity index (χ1) is 15.0. The van der Waals surface area contributed by atoms with Crippen molar-refractivity contribution in [3.05, 3.63) is 53.7 Å². The minimum Gasteiger partial charge on any atom is -0.465 e. The number of rotatable bonds is 6. The first-order valence-corrected chi connectivity index (χ1v) is 11.7. The summed E-state index contributed by atoms with van der Waals surface area (Å²) in [6.45, 7) is 1.26. The van der Waals surface area contributed by atoms with E-state index in [-0.39, 0.29) is 0 Å². The molecule has 1 saturated carbocycles. The minimum atomic E-state index is -0.705. The van der Waals surface area contributed by atoms with Gasteiger partial charge in [0.2, 0.25) is 4.38 Å². The summed E-state index contributed by atoms with van der Waals surface area (Å²) < 4.78 is 23.1. The molecule has 10 heteroatoms. The molecule has 3 aromatic rings. The second-order valence-corrected chi connectivity index (χ2v) is 9.28. The van der Waals surface area contributed by atoms with Gasteiger partial charge in [-0.2, -0.15) is 9.67 Å². The summed E-state index contributed by atoms with van der Waals surface area (Å²) in [6.07, 6.45) is 11.9. The Morgan fingerprint density at radius 3 is 2.84 bits per heavy atom. The summed E-state index contributed by atoms with van der Waals surface area (Å²) in [4.78, 5) is 11.8. The van der Waals surface area contributed by atoms with E-state index in [0.717, 1.165) is 11.3 Å². The molecule has 0 radical (unpaired) electrons. The van der Waals surface area contributed by atoms with Crippen LogP contribution < -0.4 is 4.40 Å². The zero-order valence-corrected chi connectivity index (χ0v) is 18.9. The maximum Gasteiger partial charge on any atom is 0.341 e. The Bertz CT molecular complexity index is 1160. The van der Waals surface area contributed by atoms with Crippen molar-refractivity contribution in [1.82, 2.24) is 14.3 Å². The number of carbonyl (C=O) groups is 1. The van der Waals surface area contributed by atoms with Crippen LogP contribution in [0.2, 0.25) is 0 Å². The number of nitrogens with zero attached hydrogens (tertiary/aromatic N) is 4. The normalized spacial score (nSPS) is 17.4. The van der Waals surface area contributed by atoms with Crippen molar-refractivity contribution >= 4 is 40.0 Å². The van der Waals surface area contributed by atoms with E-state index in [2.05, 4.69) is 38.6 Å². The third kappa shape index (κ3) is 3.72. The summed E-state index contributed by atoms with van der Waals surface area (Å²) in [6, 6.07) is 4.32. The molecule has 0 bridgehead atoms. The van der Waals surface area contributed by atoms with Gasteiger partial charge in [-0.3, -0.25) is 4.68 Å². The molecule has 1 saturated heterocycles. The highest BCUT2D eigenvalue weighted by Gasteiger charge is 2.51. The first-order valence-electron chi connectivity index (χ1n) is 10.0. The predicted molar refractivity (Wildman–Crippen MR) is 118 cm³/mol. The number of hydrogen-bond acceptors (Lipinski definition) is 7. The van der Waals surface area contributed by atoms with Gasteiger partial charge in [0.05, 0.1) is 25.1 Å². The fourth-order valence-corrected chi connectivity index (χ4v) is 4.37. The van der Waals surface area contributed by atoms with Crippen LogP contribution in [0, 0.1) is 0 Å². The highest BCUT2D eigenvalue weighted by Crippen LogP contribution is 2.40. The summed E-state index contributed by atoms with van der Waals surface area (Å²) >= 11 is 6.78. The SMILES string of the molecule is COC(=O)c1cnn(Cc2c[n+]3cc(C4CC4)ccc3n2C2(OC(=S)SC)COC2)c1. The molecular formula is C21H23N4O4S2+. The molecule has 1 aliphatic carbocycles. The van der Waals surface area contributed by atoms with Gasteiger partial charge in [0.15, 0.2) is 5.69 Å². The first kappa shape index (κ1) is 20.5. The van der Waals surface area contributed by atoms with E-state index in [1.807, 2.05) is 6.26 Å². The average Bonchev–Trinajstić information content (AvgIpc) is 3.40. The van der Waals surface area contributed by atoms with Crippen LogP contribution in [0.4, 0.5) is 0 Å². The molecule has 2 aliphatic rings. The number of ether oxygens (including phenoxy) is 3. The van der Waals surface area contributed by atoms with Gasteiger partial charge in [-0.05, 0) is 48.9 Å². The summed E-state index contributed by atoms with van der Waals surface area (Å²) in [7, 11) is 1.36. The quantitative estimate of drug-likeness (QED) is 0.319. The van der Waals surface area contributed by atoms with Gasteiger partial charge in [0.25, 0.3) is 5.65 Å². The molecule has 31 heavy (non-hydrogen) atoms. The molecule has 0 atom stereocenters. The van der Waals surface area contributed by atoms with Crippen molar-refractivity contribution in [2.45, 2.75) is 31.0 Å². The van der Waals surface area contributed by atoms with Crippen LogP contribution in [0.5, 0.6) is 0 Å². The topological polar surface area (TPSA) is 71.6 Å². The highest BCUT2D eigenvalue weighted by molar-refractivity contribution is 8.22. The lowest BCUT2D eigenvalue weighted by atomic mass is 10.1. The fraction of sp³-hybridized carbons (Fsp3) is 0.429. The van der Waals surface area contributed by atoms with Crippen molar-refractivity contribution in [3.63, 3.8) is 0 Å². The van der Waals surface area contributed by atoms with Gasteiger partial charge in [0, 0.05) is 12.3 Å². The Labute approximate surface area is 189 Å². The number of carbonyl (C=O) groups excluding carboxylic acids is 1. The number of fused-ring (bicyclic) bond motifs is 1. The van der Waals surface area contributed by atoms with Crippen molar-refractivity contribution in [2.75, 3.05) is 26.6 Å². The monoisotopic (exact) mass is 459 g/mol. The third-order valence-electron chi connectivity index (χ3n) is 5.71. The molecule has 2 fully saturated rings. The molecule has 0 N–H and O–H groups in total. The van der Waals surface area contributed by atoms with Gasteiger partial charge >= 0.3 is 11.7 Å². The maximum atomic E-state index is 11.8. The van der Waals surface area contributed by atoms with Gasteiger partial charge < -0.3 is 14.2 Å². The molecule has 0 aromatic carbocycles. The largest absolute Gasteiger partial charge is 0.465 e. The van der Waals surface area contributed by atoms with E-state index in [9.17, 15) is 4.79 Å². The zero-order valence-electron chi connectivity index (χ0n) is 17.3. The van der Waals surface area contributed by atoms with Crippen LogP contribution >= 0.6 is 24.0 Å². The smallest absolute Gasteiger partial charge is 0.341 e. The molecule has 0 spiro atoms. The Balaban J connectivity index is 1.58. The van der Waals surface area contributed by atoms with Crippen LogP contribution in [-0.2, 0) is 26.5 Å². The summed E-state index contributed by atoms with van der Waals surface area (Å²) in [5.74, 6) is 0.242. The molecule has 3 aromatic heterocycles. The number of thioether (sulfide) groups is 1. The lowest BCUT2D eigenvalue weighted by Gasteiger charge is -2.38. The van der Waals surface area contributed by atoms with Crippen LogP contribution in [0.1, 0.15) is 40.4 Å². The van der Waals surface area contributed by atoms with E-state index in [1.54, 1.807) is 10.9 Å². The Morgan fingerprint density at radius 1 is 1.39 bits per heavy atom. The van der Waals surface area contributed by atoms with E-state index >= 15 is 0 Å². The molecule has 8 nitrogen and oxygen atoms in total. The van der Waals surface area contributed by atoms with Crippen molar-refractivity contribution in [1.29, 1.82) is 0 Å². The lowest BCUT2D eigenvalue weighted by Crippen LogP contribution is -2.55. The molecule has 162 valence electrons. The molecule has 0 amide bonds. The Morgan fingerprint density at radius 2 is 2.19 bits per heavy atom. The second-order valence-electron chi connectivity index (χ2n) is 7.87. The summed E-state index contributed by atoms with van der Waals surface area (Å²) in [5, 5.41) is 4.34.